The van der Waals surface area contributed by atoms with Crippen LogP contribution >= 0.6 is 0 Å². The van der Waals surface area contributed by atoms with Crippen molar-refractivity contribution in [2.75, 3.05) is 6.61 Å². The number of carbonyl (C=O) groups excluding carboxylic acids is 1. The van der Waals surface area contributed by atoms with Gasteiger partial charge in [0.1, 0.15) is 0 Å². The summed E-state index contributed by atoms with van der Waals surface area (Å²) >= 11 is 0. The molecule has 0 heterocycles. The number of carboxylic acid groups (broad SMARTS) is 1. The lowest BCUT2D eigenvalue weighted by atomic mass is 10.2. The van der Waals surface area contributed by atoms with Gasteiger partial charge in [-0.1, -0.05) is 6.92 Å². The smallest absolute Gasteiger partial charge is 0.303 e. The predicted molar refractivity (Wildman–Crippen MR) is 46.2 cm³/mol. The molecule has 0 aliphatic rings. The minimum Gasteiger partial charge on any atom is -0.481 e. The molecule has 0 bridgehead atoms. The third-order valence-corrected chi connectivity index (χ3v) is 1.64. The van der Waals surface area contributed by atoms with E-state index in [1.165, 1.54) is 0 Å². The molecule has 13 heavy (non-hydrogen) atoms. The molecule has 5 nitrogen and oxygen atoms in total. The van der Waals surface area contributed by atoms with E-state index in [9.17, 15) is 9.59 Å². The van der Waals surface area contributed by atoms with Gasteiger partial charge in [0.15, 0.2) is 0 Å². The van der Waals surface area contributed by atoms with Crippen molar-refractivity contribution in [3.63, 3.8) is 0 Å². The van der Waals surface area contributed by atoms with Gasteiger partial charge in [-0.2, -0.15) is 0 Å². The van der Waals surface area contributed by atoms with Gasteiger partial charge >= 0.3 is 5.97 Å². The molecule has 0 aliphatic heterocycles. The van der Waals surface area contributed by atoms with Crippen molar-refractivity contribution in [2.45, 2.75) is 32.2 Å². The van der Waals surface area contributed by atoms with Crippen LogP contribution in [-0.2, 0) is 9.59 Å². The van der Waals surface area contributed by atoms with Gasteiger partial charge in [-0.25, -0.2) is 0 Å². The van der Waals surface area contributed by atoms with E-state index >= 15 is 0 Å². The number of carboxylic acids is 1. The van der Waals surface area contributed by atoms with Crippen molar-refractivity contribution < 1.29 is 19.8 Å². The van der Waals surface area contributed by atoms with Crippen LogP contribution in [0, 0.1) is 0 Å². The maximum Gasteiger partial charge on any atom is 0.303 e. The topological polar surface area (TPSA) is 86.6 Å². The maximum absolute atomic E-state index is 11.0. The minimum absolute atomic E-state index is 0.0359. The standard InChI is InChI=1S/C8H15NO4/c1-2-6(5-10)9-7(11)3-4-8(12)13/h6,10H,2-5H2,1H3,(H,9,11)(H,12,13)/t6-/m0/s1. The molecule has 5 heteroatoms. The highest BCUT2D eigenvalue weighted by atomic mass is 16.4. The molecular formula is C8H15NO4. The Bertz CT molecular complexity index is 177. The fourth-order valence-electron chi connectivity index (χ4n) is 0.797. The maximum atomic E-state index is 11.0. The number of rotatable bonds is 6. The van der Waals surface area contributed by atoms with Gasteiger partial charge in [0.05, 0.1) is 19.1 Å². The van der Waals surface area contributed by atoms with Crippen LogP contribution in [0.25, 0.3) is 0 Å². The Kier molecular flexibility index (Phi) is 5.88. The van der Waals surface area contributed by atoms with E-state index in [1.807, 2.05) is 6.92 Å². The average Bonchev–Trinajstić information content (AvgIpc) is 2.10. The van der Waals surface area contributed by atoms with Crippen LogP contribution < -0.4 is 5.32 Å². The zero-order valence-corrected chi connectivity index (χ0v) is 7.62. The number of aliphatic carboxylic acids is 1. The highest BCUT2D eigenvalue weighted by Gasteiger charge is 2.09. The number of carbonyl (C=O) groups is 2. The van der Waals surface area contributed by atoms with Gasteiger partial charge < -0.3 is 15.5 Å². The quantitative estimate of drug-likeness (QED) is 0.537. The van der Waals surface area contributed by atoms with Crippen LogP contribution in [-0.4, -0.2) is 34.7 Å². The second kappa shape index (κ2) is 6.42. The highest BCUT2D eigenvalue weighted by molar-refractivity contribution is 5.80. The third-order valence-electron chi connectivity index (χ3n) is 1.64. The summed E-state index contributed by atoms with van der Waals surface area (Å²) in [6, 6.07) is -0.263. The van der Waals surface area contributed by atoms with Crippen molar-refractivity contribution in [1.82, 2.24) is 5.32 Å². The van der Waals surface area contributed by atoms with E-state index in [4.69, 9.17) is 10.2 Å². The molecule has 0 unspecified atom stereocenters. The first-order valence-corrected chi connectivity index (χ1v) is 4.22. The Morgan fingerprint density at radius 1 is 1.38 bits per heavy atom. The molecule has 0 aromatic carbocycles. The second-order valence-corrected chi connectivity index (χ2v) is 2.75. The lowest BCUT2D eigenvalue weighted by molar-refractivity contribution is -0.139. The van der Waals surface area contributed by atoms with Gasteiger partial charge in [-0.05, 0) is 6.42 Å². The summed E-state index contributed by atoms with van der Waals surface area (Å²) in [6.45, 7) is 1.72. The van der Waals surface area contributed by atoms with Crippen molar-refractivity contribution in [1.29, 1.82) is 0 Å². The Morgan fingerprint density at radius 2 is 2.00 bits per heavy atom. The molecule has 76 valence electrons. The van der Waals surface area contributed by atoms with E-state index in [2.05, 4.69) is 5.32 Å². The van der Waals surface area contributed by atoms with Crippen molar-refractivity contribution in [3.05, 3.63) is 0 Å². The van der Waals surface area contributed by atoms with E-state index in [1.54, 1.807) is 0 Å². The number of nitrogens with one attached hydrogen (secondary N) is 1. The third kappa shape index (κ3) is 6.10. The number of amides is 1. The normalized spacial score (nSPS) is 12.2. The summed E-state index contributed by atoms with van der Waals surface area (Å²) in [5, 5.41) is 19.5. The molecule has 0 radical (unpaired) electrons. The van der Waals surface area contributed by atoms with Gasteiger partial charge in [0.2, 0.25) is 5.91 Å². The zero-order valence-electron chi connectivity index (χ0n) is 7.62. The Hall–Kier alpha value is -1.10. The Balaban J connectivity index is 3.66. The number of aliphatic hydroxyl groups excluding tert-OH is 1. The molecular weight excluding hydrogens is 174 g/mol. The van der Waals surface area contributed by atoms with Gasteiger partial charge in [-0.3, -0.25) is 9.59 Å². The molecule has 0 spiro atoms. The zero-order chi connectivity index (χ0) is 10.3. The van der Waals surface area contributed by atoms with Gasteiger partial charge in [-0.15, -0.1) is 0 Å². The van der Waals surface area contributed by atoms with Gasteiger partial charge in [0.25, 0.3) is 0 Å². The van der Waals surface area contributed by atoms with Crippen LogP contribution in [0.15, 0.2) is 0 Å². The first-order chi connectivity index (χ1) is 6.10. The van der Waals surface area contributed by atoms with Crippen LogP contribution in [0.3, 0.4) is 0 Å². The summed E-state index contributed by atoms with van der Waals surface area (Å²) in [5.74, 6) is -1.32. The molecule has 0 aliphatic carbocycles. The molecule has 0 aromatic heterocycles. The summed E-state index contributed by atoms with van der Waals surface area (Å²) in [5.41, 5.74) is 0. The number of hydrogen-bond acceptors (Lipinski definition) is 3. The molecule has 0 fully saturated rings. The van der Waals surface area contributed by atoms with Crippen LogP contribution in [0.2, 0.25) is 0 Å². The van der Waals surface area contributed by atoms with Crippen LogP contribution in [0.4, 0.5) is 0 Å². The van der Waals surface area contributed by atoms with Crippen LogP contribution in [0.5, 0.6) is 0 Å². The van der Waals surface area contributed by atoms with Crippen molar-refractivity contribution in [2.24, 2.45) is 0 Å². The SMILES string of the molecule is CC[C@@H](CO)NC(=O)CCC(=O)O. The highest BCUT2D eigenvalue weighted by Crippen LogP contribution is 1.93. The van der Waals surface area contributed by atoms with Crippen molar-refractivity contribution in [3.8, 4) is 0 Å². The second-order valence-electron chi connectivity index (χ2n) is 2.75. The molecule has 3 N–H and O–H groups in total. The monoisotopic (exact) mass is 189 g/mol. The van der Waals surface area contributed by atoms with E-state index in [-0.39, 0.29) is 31.4 Å². The van der Waals surface area contributed by atoms with Crippen LogP contribution in [0.1, 0.15) is 26.2 Å². The molecule has 1 amide bonds. The molecule has 1 atom stereocenters. The Labute approximate surface area is 76.8 Å². The predicted octanol–water partition coefficient (Wildman–Crippen LogP) is -0.262. The fourth-order valence-corrected chi connectivity index (χ4v) is 0.797. The summed E-state index contributed by atoms with van der Waals surface area (Å²) in [6.07, 6.45) is 0.425. The van der Waals surface area contributed by atoms with E-state index in [0.717, 1.165) is 0 Å². The van der Waals surface area contributed by atoms with E-state index < -0.39 is 5.97 Å². The van der Waals surface area contributed by atoms with Gasteiger partial charge in [0, 0.05) is 6.42 Å². The lowest BCUT2D eigenvalue weighted by Crippen LogP contribution is -2.36. The number of hydrogen-bond donors (Lipinski definition) is 3. The lowest BCUT2D eigenvalue weighted by Gasteiger charge is -2.13. The van der Waals surface area contributed by atoms with E-state index in [0.29, 0.717) is 6.42 Å². The minimum atomic E-state index is -0.993. The van der Waals surface area contributed by atoms with Crippen molar-refractivity contribution >= 4 is 11.9 Å². The molecule has 0 aromatic rings. The molecule has 0 saturated carbocycles. The summed E-state index contributed by atoms with van der Waals surface area (Å²) < 4.78 is 0. The molecule has 0 rings (SSSR count). The fraction of sp³-hybridized carbons (Fsp3) is 0.750. The first-order valence-electron chi connectivity index (χ1n) is 4.22. The average molecular weight is 189 g/mol. The summed E-state index contributed by atoms with van der Waals surface area (Å²) in [4.78, 5) is 21.1. The first kappa shape index (κ1) is 11.9. The summed E-state index contributed by atoms with van der Waals surface area (Å²) in [7, 11) is 0. The number of aliphatic hydroxyl groups is 1. The largest absolute Gasteiger partial charge is 0.481 e. The molecule has 0 saturated heterocycles. The Morgan fingerprint density at radius 3 is 2.38 bits per heavy atom.